The summed E-state index contributed by atoms with van der Waals surface area (Å²) < 4.78 is 12.5. The Hall–Kier alpha value is -2.28. The molecule has 2 heterocycles. The lowest BCUT2D eigenvalue weighted by Gasteiger charge is -2.30. The first-order chi connectivity index (χ1) is 13.0. The molecule has 2 aromatic rings. The molecule has 1 saturated heterocycles. The zero-order valence-electron chi connectivity index (χ0n) is 16.5. The van der Waals surface area contributed by atoms with Gasteiger partial charge in [-0.1, -0.05) is 0 Å². The van der Waals surface area contributed by atoms with Gasteiger partial charge < -0.3 is 19.4 Å². The van der Waals surface area contributed by atoms with E-state index in [-0.39, 0.29) is 11.2 Å². The maximum atomic E-state index is 13.0. The molecule has 1 fully saturated rings. The van der Waals surface area contributed by atoms with Crippen LogP contribution >= 0.6 is 0 Å². The highest BCUT2D eigenvalue weighted by Crippen LogP contribution is 2.30. The molecule has 7 heteroatoms. The van der Waals surface area contributed by atoms with E-state index in [9.17, 15) is 9.59 Å². The highest BCUT2D eigenvalue weighted by molar-refractivity contribution is 5.81. The number of nitrogens with one attached hydrogen (secondary N) is 2. The van der Waals surface area contributed by atoms with Gasteiger partial charge in [-0.2, -0.15) is 0 Å². The summed E-state index contributed by atoms with van der Waals surface area (Å²) in [6.45, 7) is 9.26. The van der Waals surface area contributed by atoms with Gasteiger partial charge in [0.15, 0.2) is 11.5 Å². The van der Waals surface area contributed by atoms with Crippen LogP contribution in [0.2, 0.25) is 0 Å². The van der Waals surface area contributed by atoms with Crippen LogP contribution in [0.4, 0.5) is 0 Å². The van der Waals surface area contributed by atoms with Gasteiger partial charge in [-0.15, -0.1) is 0 Å². The zero-order valence-corrected chi connectivity index (χ0v) is 16.5. The van der Waals surface area contributed by atoms with Crippen molar-refractivity contribution in [2.45, 2.75) is 52.6 Å². The van der Waals surface area contributed by atoms with Gasteiger partial charge >= 0.3 is 5.69 Å². The Balaban J connectivity index is 1.95. The van der Waals surface area contributed by atoms with E-state index in [1.807, 2.05) is 13.8 Å². The van der Waals surface area contributed by atoms with Crippen LogP contribution in [0.15, 0.2) is 21.7 Å². The molecule has 148 valence electrons. The van der Waals surface area contributed by atoms with Crippen molar-refractivity contribution in [1.29, 1.82) is 0 Å². The number of nitrogens with zero attached hydrogens (tertiary/aromatic N) is 1. The Kier molecular flexibility index (Phi) is 6.21. The summed E-state index contributed by atoms with van der Waals surface area (Å²) >= 11 is 0. The van der Waals surface area contributed by atoms with Crippen molar-refractivity contribution in [1.82, 2.24) is 9.55 Å². The van der Waals surface area contributed by atoms with Crippen molar-refractivity contribution in [2.24, 2.45) is 0 Å². The molecule has 1 aliphatic heterocycles. The molecule has 0 spiro atoms. The number of rotatable bonds is 7. The first-order valence-corrected chi connectivity index (χ1v) is 9.96. The molecular formula is C20H30N3O4+. The Morgan fingerprint density at radius 2 is 1.85 bits per heavy atom. The molecule has 2 atom stereocenters. The average molecular weight is 376 g/mol. The van der Waals surface area contributed by atoms with Gasteiger partial charge in [0.25, 0.3) is 5.56 Å². The number of H-pyrrole nitrogens is 1. The minimum absolute atomic E-state index is 0.276. The van der Waals surface area contributed by atoms with Gasteiger partial charge in [0, 0.05) is 6.07 Å². The van der Waals surface area contributed by atoms with E-state index in [1.54, 1.807) is 12.1 Å². The maximum Gasteiger partial charge on any atom is 0.329 e. The third kappa shape index (κ3) is 4.18. The number of aromatic amines is 1. The fraction of sp³-hybridized carbons (Fsp3) is 0.600. The predicted molar refractivity (Wildman–Crippen MR) is 105 cm³/mol. The van der Waals surface area contributed by atoms with E-state index >= 15 is 0 Å². The molecule has 0 bridgehead atoms. The number of benzene rings is 1. The number of hydrogen-bond donors (Lipinski definition) is 2. The summed E-state index contributed by atoms with van der Waals surface area (Å²) in [4.78, 5) is 29.8. The molecule has 7 nitrogen and oxygen atoms in total. The van der Waals surface area contributed by atoms with Crippen LogP contribution in [-0.2, 0) is 6.54 Å². The first-order valence-electron chi connectivity index (χ1n) is 9.96. The van der Waals surface area contributed by atoms with Gasteiger partial charge in [-0.3, -0.25) is 9.36 Å². The molecule has 27 heavy (non-hydrogen) atoms. The molecule has 1 aliphatic rings. The monoisotopic (exact) mass is 376 g/mol. The number of aromatic nitrogens is 2. The van der Waals surface area contributed by atoms with Crippen molar-refractivity contribution in [3.63, 3.8) is 0 Å². The van der Waals surface area contributed by atoms with E-state index in [0.29, 0.717) is 48.2 Å². The van der Waals surface area contributed by atoms with Gasteiger partial charge in [0.1, 0.15) is 0 Å². The van der Waals surface area contributed by atoms with Crippen LogP contribution in [0, 0.1) is 0 Å². The van der Waals surface area contributed by atoms with Crippen molar-refractivity contribution >= 4 is 10.9 Å². The number of likely N-dealkylation sites (tertiary alicyclic amines) is 1. The topological polar surface area (TPSA) is 77.8 Å². The maximum absolute atomic E-state index is 13.0. The van der Waals surface area contributed by atoms with Crippen LogP contribution in [0.25, 0.3) is 10.9 Å². The third-order valence-electron chi connectivity index (χ3n) is 5.38. The number of hydrogen-bond acceptors (Lipinski definition) is 4. The number of fused-ring (bicyclic) bond motifs is 1. The van der Waals surface area contributed by atoms with E-state index in [2.05, 4.69) is 11.9 Å². The average Bonchev–Trinajstić information content (AvgIpc) is 2.64. The smallest absolute Gasteiger partial charge is 0.329 e. The Morgan fingerprint density at radius 3 is 2.52 bits per heavy atom. The highest BCUT2D eigenvalue weighted by Gasteiger charge is 2.22. The van der Waals surface area contributed by atoms with E-state index in [4.69, 9.17) is 9.47 Å². The van der Waals surface area contributed by atoms with E-state index < -0.39 is 0 Å². The molecule has 2 N–H and O–H groups in total. The SMILES string of the molecule is CCOc1cc2[nH]c(=O)n(CC[NH+]3CCCCC3C)c(=O)c2cc1OCC. The lowest BCUT2D eigenvalue weighted by molar-refractivity contribution is -0.929. The van der Waals surface area contributed by atoms with E-state index in [0.717, 1.165) is 13.1 Å². The predicted octanol–water partition coefficient (Wildman–Crippen LogP) is 0.945. The minimum atomic E-state index is -0.372. The summed E-state index contributed by atoms with van der Waals surface area (Å²) in [5.74, 6) is 1.06. The van der Waals surface area contributed by atoms with Crippen LogP contribution in [-0.4, -0.2) is 41.9 Å². The summed E-state index contributed by atoms with van der Waals surface area (Å²) in [5, 5.41) is 0.447. The number of quaternary nitrogens is 1. The molecule has 1 aromatic heterocycles. The normalized spacial score (nSPS) is 20.0. The van der Waals surface area contributed by atoms with Gasteiger partial charge in [0.2, 0.25) is 0 Å². The van der Waals surface area contributed by atoms with Crippen molar-refractivity contribution in [2.75, 3.05) is 26.3 Å². The van der Waals surface area contributed by atoms with Gasteiger partial charge in [0.05, 0.1) is 49.8 Å². The summed E-state index contributed by atoms with van der Waals surface area (Å²) in [6.07, 6.45) is 3.68. The van der Waals surface area contributed by atoms with Crippen LogP contribution < -0.4 is 25.6 Å². The molecular weight excluding hydrogens is 346 g/mol. The Morgan fingerprint density at radius 1 is 1.15 bits per heavy atom. The lowest BCUT2D eigenvalue weighted by atomic mass is 10.0. The van der Waals surface area contributed by atoms with E-state index in [1.165, 1.54) is 28.7 Å². The molecule has 0 amide bonds. The number of ether oxygens (including phenoxy) is 2. The Labute approximate surface area is 158 Å². The summed E-state index contributed by atoms with van der Waals surface area (Å²) in [7, 11) is 0. The Bertz CT molecular complexity index is 902. The summed E-state index contributed by atoms with van der Waals surface area (Å²) in [5.41, 5.74) is -0.170. The quantitative estimate of drug-likeness (QED) is 0.754. The zero-order chi connectivity index (χ0) is 19.4. The molecule has 0 aliphatic carbocycles. The second kappa shape index (κ2) is 8.61. The molecule has 3 rings (SSSR count). The van der Waals surface area contributed by atoms with Crippen molar-refractivity contribution < 1.29 is 14.4 Å². The van der Waals surface area contributed by atoms with Crippen molar-refractivity contribution in [3.05, 3.63) is 33.0 Å². The summed E-state index contributed by atoms with van der Waals surface area (Å²) in [6, 6.07) is 3.93. The third-order valence-corrected chi connectivity index (χ3v) is 5.38. The van der Waals surface area contributed by atoms with Crippen LogP contribution in [0.1, 0.15) is 40.0 Å². The van der Waals surface area contributed by atoms with Crippen LogP contribution in [0.5, 0.6) is 11.5 Å². The van der Waals surface area contributed by atoms with Crippen molar-refractivity contribution in [3.8, 4) is 11.5 Å². The first kappa shape index (κ1) is 19.5. The van der Waals surface area contributed by atoms with Crippen LogP contribution in [0.3, 0.4) is 0 Å². The largest absolute Gasteiger partial charge is 0.490 e. The second-order valence-electron chi connectivity index (χ2n) is 7.15. The standard InChI is InChI=1S/C20H29N3O4/c1-4-26-17-12-15-16(13-18(17)27-5-2)21-20(25)23(19(15)24)11-10-22-9-7-6-8-14(22)3/h12-14H,4-11H2,1-3H3,(H,21,25)/p+1. The minimum Gasteiger partial charge on any atom is -0.490 e. The fourth-order valence-corrected chi connectivity index (χ4v) is 3.88. The molecule has 2 unspecified atom stereocenters. The fourth-order valence-electron chi connectivity index (χ4n) is 3.88. The molecule has 0 radical (unpaired) electrons. The lowest BCUT2D eigenvalue weighted by Crippen LogP contribution is -3.16. The van der Waals surface area contributed by atoms with Gasteiger partial charge in [-0.05, 0) is 46.1 Å². The number of piperidine rings is 1. The second-order valence-corrected chi connectivity index (χ2v) is 7.15. The highest BCUT2D eigenvalue weighted by atomic mass is 16.5. The molecule has 1 aromatic carbocycles. The molecule has 0 saturated carbocycles. The van der Waals surface area contributed by atoms with Gasteiger partial charge in [-0.25, -0.2) is 4.79 Å².